The fourth-order valence-corrected chi connectivity index (χ4v) is 3.11. The van der Waals surface area contributed by atoms with E-state index in [9.17, 15) is 4.79 Å². The minimum atomic E-state index is 0.0170. The number of carbonyl (C=O) groups is 1. The maximum absolute atomic E-state index is 12.2. The van der Waals surface area contributed by atoms with Gasteiger partial charge in [0.2, 0.25) is 5.91 Å². The van der Waals surface area contributed by atoms with Crippen LogP contribution in [0.1, 0.15) is 18.1 Å². The van der Waals surface area contributed by atoms with E-state index in [4.69, 9.17) is 0 Å². The number of benzene rings is 2. The van der Waals surface area contributed by atoms with Crippen LogP contribution in [-0.4, -0.2) is 19.0 Å². The van der Waals surface area contributed by atoms with Crippen molar-refractivity contribution < 1.29 is 4.79 Å². The molecule has 1 N–H and O–H groups in total. The third kappa shape index (κ3) is 3.33. The Balaban J connectivity index is 1.68. The molecule has 2 aromatic carbocycles. The number of rotatable bonds is 4. The number of nitrogens with zero attached hydrogens (tertiary/aromatic N) is 1. The van der Waals surface area contributed by atoms with Crippen LogP contribution in [-0.2, 0) is 17.6 Å². The molecule has 1 heterocycles. The molecule has 0 unspecified atom stereocenters. The summed E-state index contributed by atoms with van der Waals surface area (Å²) in [6, 6.07) is 14.0. The van der Waals surface area contributed by atoms with Crippen LogP contribution in [0.2, 0.25) is 0 Å². The fraction of sp³-hybridized carbons (Fsp3) is 0.278. The molecule has 1 aliphatic rings. The molecular weight excluding hydrogens is 340 g/mol. The average molecular weight is 359 g/mol. The van der Waals surface area contributed by atoms with Crippen molar-refractivity contribution >= 4 is 33.2 Å². The van der Waals surface area contributed by atoms with Crippen molar-refractivity contribution in [1.29, 1.82) is 0 Å². The standard InChI is InChI=1S/C18H19BrN2O/c1-2-21-10-9-14-5-8-16(12-17(14)21)20-18(22)11-13-3-6-15(19)7-4-13/h3-8,12H,2,9-11H2,1H3,(H,20,22). The summed E-state index contributed by atoms with van der Waals surface area (Å²) in [5.41, 5.74) is 4.51. The summed E-state index contributed by atoms with van der Waals surface area (Å²) in [5, 5.41) is 3.00. The van der Waals surface area contributed by atoms with Crippen LogP contribution in [0.3, 0.4) is 0 Å². The second kappa shape index (κ2) is 6.53. The zero-order chi connectivity index (χ0) is 15.5. The van der Waals surface area contributed by atoms with Gasteiger partial charge in [0.25, 0.3) is 0 Å². The molecule has 0 fully saturated rings. The van der Waals surface area contributed by atoms with Gasteiger partial charge in [0.05, 0.1) is 6.42 Å². The molecule has 0 bridgehead atoms. The van der Waals surface area contributed by atoms with Crippen LogP contribution in [0.5, 0.6) is 0 Å². The van der Waals surface area contributed by atoms with Gasteiger partial charge in [-0.05, 0) is 48.7 Å². The van der Waals surface area contributed by atoms with Crippen molar-refractivity contribution in [1.82, 2.24) is 0 Å². The highest BCUT2D eigenvalue weighted by atomic mass is 79.9. The van der Waals surface area contributed by atoms with E-state index in [2.05, 4.69) is 45.2 Å². The van der Waals surface area contributed by atoms with Crippen molar-refractivity contribution in [3.8, 4) is 0 Å². The van der Waals surface area contributed by atoms with Gasteiger partial charge in [-0.15, -0.1) is 0 Å². The van der Waals surface area contributed by atoms with Gasteiger partial charge in [-0.3, -0.25) is 4.79 Å². The van der Waals surface area contributed by atoms with E-state index in [0.29, 0.717) is 6.42 Å². The number of anilines is 2. The first-order valence-corrected chi connectivity index (χ1v) is 8.37. The number of hydrogen-bond donors (Lipinski definition) is 1. The SMILES string of the molecule is CCN1CCc2ccc(NC(=O)Cc3ccc(Br)cc3)cc21. The molecule has 3 nitrogen and oxygen atoms in total. The molecule has 0 atom stereocenters. The third-order valence-corrected chi connectivity index (χ3v) is 4.55. The monoisotopic (exact) mass is 358 g/mol. The Morgan fingerprint density at radius 3 is 2.73 bits per heavy atom. The number of hydrogen-bond acceptors (Lipinski definition) is 2. The number of nitrogens with one attached hydrogen (secondary N) is 1. The molecular formula is C18H19BrN2O. The predicted octanol–water partition coefficient (Wildman–Crippen LogP) is 4.01. The highest BCUT2D eigenvalue weighted by Crippen LogP contribution is 2.30. The van der Waals surface area contributed by atoms with E-state index in [1.807, 2.05) is 30.3 Å². The third-order valence-electron chi connectivity index (χ3n) is 4.02. The van der Waals surface area contributed by atoms with Crippen LogP contribution in [0.25, 0.3) is 0 Å². The van der Waals surface area contributed by atoms with Gasteiger partial charge in [0, 0.05) is 28.9 Å². The largest absolute Gasteiger partial charge is 0.371 e. The van der Waals surface area contributed by atoms with Gasteiger partial charge in [0.1, 0.15) is 0 Å². The molecule has 0 aliphatic carbocycles. The lowest BCUT2D eigenvalue weighted by atomic mass is 10.1. The smallest absolute Gasteiger partial charge is 0.228 e. The topological polar surface area (TPSA) is 32.3 Å². The lowest BCUT2D eigenvalue weighted by molar-refractivity contribution is -0.115. The summed E-state index contributed by atoms with van der Waals surface area (Å²) in [6.07, 6.45) is 1.48. The maximum atomic E-state index is 12.2. The Morgan fingerprint density at radius 2 is 2.00 bits per heavy atom. The number of carbonyl (C=O) groups excluding carboxylic acids is 1. The van der Waals surface area contributed by atoms with E-state index >= 15 is 0 Å². The molecule has 0 saturated heterocycles. The van der Waals surface area contributed by atoms with Crippen molar-refractivity contribution in [2.45, 2.75) is 19.8 Å². The summed E-state index contributed by atoms with van der Waals surface area (Å²) >= 11 is 3.40. The summed E-state index contributed by atoms with van der Waals surface area (Å²) in [7, 11) is 0. The van der Waals surface area contributed by atoms with E-state index in [0.717, 1.165) is 35.2 Å². The van der Waals surface area contributed by atoms with Crippen LogP contribution in [0, 0.1) is 0 Å². The Morgan fingerprint density at radius 1 is 1.23 bits per heavy atom. The van der Waals surface area contributed by atoms with E-state index in [1.54, 1.807) is 0 Å². The molecule has 0 radical (unpaired) electrons. The molecule has 1 aliphatic heterocycles. The van der Waals surface area contributed by atoms with E-state index in [-0.39, 0.29) is 5.91 Å². The van der Waals surface area contributed by atoms with Crippen LogP contribution >= 0.6 is 15.9 Å². The van der Waals surface area contributed by atoms with Gasteiger partial charge >= 0.3 is 0 Å². The van der Waals surface area contributed by atoms with Crippen LogP contribution in [0.15, 0.2) is 46.9 Å². The van der Waals surface area contributed by atoms with E-state index in [1.165, 1.54) is 11.3 Å². The molecule has 2 aromatic rings. The lowest BCUT2D eigenvalue weighted by Gasteiger charge is -2.17. The van der Waals surface area contributed by atoms with E-state index < -0.39 is 0 Å². The summed E-state index contributed by atoms with van der Waals surface area (Å²) < 4.78 is 1.02. The highest BCUT2D eigenvalue weighted by molar-refractivity contribution is 9.10. The van der Waals surface area contributed by atoms with Crippen LogP contribution < -0.4 is 10.2 Å². The minimum absolute atomic E-state index is 0.0170. The van der Waals surface area contributed by atoms with Gasteiger partial charge in [-0.1, -0.05) is 34.1 Å². The summed E-state index contributed by atoms with van der Waals surface area (Å²) in [5.74, 6) is 0.0170. The van der Waals surface area contributed by atoms with Gasteiger partial charge in [-0.25, -0.2) is 0 Å². The zero-order valence-corrected chi connectivity index (χ0v) is 14.2. The van der Waals surface area contributed by atoms with Crippen molar-refractivity contribution in [2.75, 3.05) is 23.3 Å². The first-order valence-electron chi connectivity index (χ1n) is 7.58. The molecule has 22 heavy (non-hydrogen) atoms. The normalized spacial score (nSPS) is 13.1. The Hall–Kier alpha value is -1.81. The molecule has 114 valence electrons. The van der Waals surface area contributed by atoms with Gasteiger partial charge in [-0.2, -0.15) is 0 Å². The second-order valence-corrected chi connectivity index (χ2v) is 6.44. The molecule has 0 spiro atoms. The number of likely N-dealkylation sites (N-methyl/N-ethyl adjacent to an activating group) is 1. The highest BCUT2D eigenvalue weighted by Gasteiger charge is 2.18. The maximum Gasteiger partial charge on any atom is 0.228 e. The minimum Gasteiger partial charge on any atom is -0.371 e. The quantitative estimate of drug-likeness (QED) is 0.895. The predicted molar refractivity (Wildman–Crippen MR) is 94.5 cm³/mol. The summed E-state index contributed by atoms with van der Waals surface area (Å²) in [6.45, 7) is 4.24. The Bertz CT molecular complexity index is 682. The fourth-order valence-electron chi connectivity index (χ4n) is 2.84. The second-order valence-electron chi connectivity index (χ2n) is 5.52. The zero-order valence-electron chi connectivity index (χ0n) is 12.6. The lowest BCUT2D eigenvalue weighted by Crippen LogP contribution is -2.19. The molecule has 4 heteroatoms. The number of fused-ring (bicyclic) bond motifs is 1. The van der Waals surface area contributed by atoms with Gasteiger partial charge < -0.3 is 10.2 Å². The van der Waals surface area contributed by atoms with Crippen molar-refractivity contribution in [3.63, 3.8) is 0 Å². The molecule has 3 rings (SSSR count). The van der Waals surface area contributed by atoms with Gasteiger partial charge in [0.15, 0.2) is 0 Å². The first-order chi connectivity index (χ1) is 10.7. The van der Waals surface area contributed by atoms with Crippen LogP contribution in [0.4, 0.5) is 11.4 Å². The summed E-state index contributed by atoms with van der Waals surface area (Å²) in [4.78, 5) is 14.5. The molecule has 0 aromatic heterocycles. The Kier molecular flexibility index (Phi) is 4.48. The molecule has 0 saturated carbocycles. The number of halogens is 1. The first kappa shape index (κ1) is 15.1. The average Bonchev–Trinajstić information content (AvgIpc) is 2.92. The number of amides is 1. The molecule has 1 amide bonds. The van der Waals surface area contributed by atoms with Crippen molar-refractivity contribution in [2.24, 2.45) is 0 Å². The Labute approximate surface area is 139 Å². The van der Waals surface area contributed by atoms with Crippen molar-refractivity contribution in [3.05, 3.63) is 58.1 Å².